The molecule has 0 saturated carbocycles. The summed E-state index contributed by atoms with van der Waals surface area (Å²) in [6.07, 6.45) is -23.1. The van der Waals surface area contributed by atoms with Crippen molar-refractivity contribution in [3.8, 4) is 11.5 Å². The lowest BCUT2D eigenvalue weighted by atomic mass is 9.72. The number of hydrogen-bond acceptors (Lipinski definition) is 20. The van der Waals surface area contributed by atoms with Crippen molar-refractivity contribution in [2.24, 2.45) is 0 Å². The molecule has 0 spiro atoms. The number of benzene rings is 2. The van der Waals surface area contributed by atoms with Crippen molar-refractivity contribution >= 4 is 17.3 Å². The van der Waals surface area contributed by atoms with Crippen LogP contribution < -0.4 is 5.32 Å². The topological polar surface area (TPSA) is 332 Å². The summed E-state index contributed by atoms with van der Waals surface area (Å²) >= 11 is 0. The number of nitrogens with one attached hydrogen (secondary N) is 1. The summed E-state index contributed by atoms with van der Waals surface area (Å²) < 4.78 is 29.0. The van der Waals surface area contributed by atoms with Gasteiger partial charge in [0.2, 0.25) is 0 Å². The molecule has 12 N–H and O–H groups in total. The molecule has 0 bridgehead atoms. The van der Waals surface area contributed by atoms with Crippen molar-refractivity contribution in [1.29, 1.82) is 0 Å². The molecular weight excluding hydrogens is 774 g/mol. The van der Waals surface area contributed by atoms with Gasteiger partial charge >= 0.3 is 0 Å². The number of ketones is 3. The number of phenolic OH excluding ortho intramolecular Hbond substituents is 2. The SMILES string of the molecule is CC(=O)[C@]1(O)Cc2c(O)c3c(c(O)c2[C@@H](O[C@H]2C[C@H](N[C@@H]4O[C@H](CO)[C@@H](O[C@@H]5O[C@H](CO)[C@H](O)[C@H](O)[C@H]5O)[C@H](O)[C@H]4O)[C@H](O)[C@H](C)O2)C1)C(=O)c1ccccc1C3=O. The average molecular weight is 822 g/mol. The Morgan fingerprint density at radius 2 is 1.43 bits per heavy atom. The molecule has 58 heavy (non-hydrogen) atoms. The van der Waals surface area contributed by atoms with Crippen LogP contribution in [0.2, 0.25) is 0 Å². The van der Waals surface area contributed by atoms with E-state index in [9.17, 15) is 70.6 Å². The molecule has 318 valence electrons. The molecule has 2 aromatic carbocycles. The van der Waals surface area contributed by atoms with Crippen LogP contribution >= 0.6 is 0 Å². The summed E-state index contributed by atoms with van der Waals surface area (Å²) in [5.41, 5.74) is -3.53. The van der Waals surface area contributed by atoms with Gasteiger partial charge in [0.05, 0.1) is 42.7 Å². The van der Waals surface area contributed by atoms with E-state index >= 15 is 0 Å². The van der Waals surface area contributed by atoms with Gasteiger partial charge in [0.1, 0.15) is 72.2 Å². The smallest absolute Gasteiger partial charge is 0.198 e. The van der Waals surface area contributed by atoms with Crippen molar-refractivity contribution in [2.75, 3.05) is 13.2 Å². The van der Waals surface area contributed by atoms with Gasteiger partial charge in [-0.25, -0.2) is 0 Å². The van der Waals surface area contributed by atoms with E-state index in [1.54, 1.807) is 0 Å². The number of ether oxygens (including phenoxy) is 5. The molecule has 0 amide bonds. The standard InChI is InChI=1S/C38H47NO19/c1-12-25(43)17(39-36-33(51)32(50)35(20(11-41)56-36)58-37-34(52)31(49)29(47)19(10-40)57-37)7-21(54-12)55-18-9-38(53,13(2)42)8-16-22(18)30(48)24-23(28(16)46)26(44)14-5-3-4-6-15(14)27(24)45/h3-6,12,17-21,25,29,31-37,39-41,43,46-53H,7-11H2,1-2H3/t12-,17-,18-,19+,20+,21-,25+,29-,31-,32+,33+,34+,35+,36+,37-,38-/m0/s1. The Kier molecular flexibility index (Phi) is 11.8. The fourth-order valence-electron chi connectivity index (χ4n) is 8.49. The molecule has 3 saturated heterocycles. The lowest BCUT2D eigenvalue weighted by Gasteiger charge is -2.48. The van der Waals surface area contributed by atoms with Gasteiger partial charge in [0.15, 0.2) is 29.9 Å². The van der Waals surface area contributed by atoms with Crippen molar-refractivity contribution in [2.45, 2.75) is 131 Å². The van der Waals surface area contributed by atoms with Gasteiger partial charge in [-0.2, -0.15) is 0 Å². The third-order valence-corrected chi connectivity index (χ3v) is 11.8. The molecule has 20 nitrogen and oxygen atoms in total. The Bertz CT molecular complexity index is 1920. The van der Waals surface area contributed by atoms with Gasteiger partial charge in [0.25, 0.3) is 0 Å². The third-order valence-electron chi connectivity index (χ3n) is 11.8. The quantitative estimate of drug-likeness (QED) is 0.0924. The minimum atomic E-state index is -2.17. The molecule has 2 aliphatic carbocycles. The lowest BCUT2D eigenvalue weighted by molar-refractivity contribution is -0.344. The molecule has 16 atom stereocenters. The normalized spacial score (nSPS) is 40.1. The number of hydrogen-bond donors (Lipinski definition) is 12. The van der Waals surface area contributed by atoms with Crippen molar-refractivity contribution < 1.29 is 94.2 Å². The first kappa shape index (κ1) is 42.6. The van der Waals surface area contributed by atoms with Gasteiger partial charge in [0, 0.05) is 47.6 Å². The Hall–Kier alpha value is -3.55. The monoisotopic (exact) mass is 821 g/mol. The maximum atomic E-state index is 13.7. The van der Waals surface area contributed by atoms with Crippen LogP contribution in [0, 0.1) is 0 Å². The molecule has 7 rings (SSSR count). The number of carbonyl (C=O) groups is 3. The highest BCUT2D eigenvalue weighted by Gasteiger charge is 2.53. The predicted molar refractivity (Wildman–Crippen MR) is 189 cm³/mol. The Morgan fingerprint density at radius 3 is 2.03 bits per heavy atom. The van der Waals surface area contributed by atoms with Crippen molar-refractivity contribution in [3.05, 3.63) is 57.6 Å². The zero-order valence-corrected chi connectivity index (χ0v) is 31.2. The van der Waals surface area contributed by atoms with Gasteiger partial charge in [-0.15, -0.1) is 0 Å². The van der Waals surface area contributed by atoms with Gasteiger partial charge in [-0.1, -0.05) is 24.3 Å². The van der Waals surface area contributed by atoms with Crippen LogP contribution in [0.4, 0.5) is 0 Å². The summed E-state index contributed by atoms with van der Waals surface area (Å²) in [6.45, 7) is 1.00. The van der Waals surface area contributed by atoms with Crippen LogP contribution in [0.5, 0.6) is 11.5 Å². The van der Waals surface area contributed by atoms with E-state index in [1.165, 1.54) is 31.2 Å². The summed E-state index contributed by atoms with van der Waals surface area (Å²) in [5, 5.41) is 121. The van der Waals surface area contributed by atoms with Gasteiger partial charge < -0.3 is 79.9 Å². The zero-order chi connectivity index (χ0) is 42.1. The summed E-state index contributed by atoms with van der Waals surface area (Å²) in [5.74, 6) is -3.65. The first-order valence-electron chi connectivity index (χ1n) is 18.8. The van der Waals surface area contributed by atoms with Crippen LogP contribution in [0.15, 0.2) is 24.3 Å². The largest absolute Gasteiger partial charge is 0.507 e. The Labute approximate surface area is 329 Å². The number of aliphatic hydroxyl groups excluding tert-OH is 8. The second kappa shape index (κ2) is 16.1. The fourth-order valence-corrected chi connectivity index (χ4v) is 8.49. The zero-order valence-electron chi connectivity index (χ0n) is 31.2. The van der Waals surface area contributed by atoms with Gasteiger partial charge in [-0.3, -0.25) is 19.7 Å². The van der Waals surface area contributed by atoms with E-state index in [-0.39, 0.29) is 28.7 Å². The predicted octanol–water partition coefficient (Wildman–Crippen LogP) is -3.72. The van der Waals surface area contributed by atoms with Crippen LogP contribution in [0.1, 0.15) is 75.8 Å². The molecule has 20 heteroatoms. The third kappa shape index (κ3) is 7.14. The summed E-state index contributed by atoms with van der Waals surface area (Å²) in [6, 6.07) is 4.78. The molecular formula is C38H47NO19. The maximum Gasteiger partial charge on any atom is 0.198 e. The van der Waals surface area contributed by atoms with Crippen LogP contribution in [-0.4, -0.2) is 178 Å². The van der Waals surface area contributed by atoms with E-state index in [0.29, 0.717) is 0 Å². The number of aromatic hydroxyl groups is 2. The number of phenols is 2. The lowest BCUT2D eigenvalue weighted by Crippen LogP contribution is -2.68. The molecule has 3 aliphatic heterocycles. The maximum absolute atomic E-state index is 13.7. The number of rotatable bonds is 9. The molecule has 3 heterocycles. The van der Waals surface area contributed by atoms with Crippen LogP contribution in [0.3, 0.4) is 0 Å². The van der Waals surface area contributed by atoms with E-state index in [4.69, 9.17) is 23.7 Å². The van der Waals surface area contributed by atoms with Crippen molar-refractivity contribution in [3.63, 3.8) is 0 Å². The van der Waals surface area contributed by atoms with E-state index in [2.05, 4.69) is 5.32 Å². The molecule has 3 fully saturated rings. The Morgan fingerprint density at radius 1 is 0.810 bits per heavy atom. The summed E-state index contributed by atoms with van der Waals surface area (Å²) in [7, 11) is 0. The molecule has 0 aromatic heterocycles. The van der Waals surface area contributed by atoms with Crippen molar-refractivity contribution in [1.82, 2.24) is 5.32 Å². The first-order valence-corrected chi connectivity index (χ1v) is 18.8. The second-order valence-electron chi connectivity index (χ2n) is 15.5. The number of aliphatic hydroxyl groups is 9. The minimum Gasteiger partial charge on any atom is -0.507 e. The van der Waals surface area contributed by atoms with E-state index < -0.39 is 164 Å². The second-order valence-corrected chi connectivity index (χ2v) is 15.5. The molecule has 2 aromatic rings. The highest BCUT2D eigenvalue weighted by atomic mass is 16.7. The number of carbonyl (C=O) groups excluding carboxylic acids is 3. The van der Waals surface area contributed by atoms with Crippen LogP contribution in [-0.2, 0) is 34.9 Å². The molecule has 0 radical (unpaired) electrons. The first-order chi connectivity index (χ1) is 27.4. The number of Topliss-reactive ketones (excluding diaryl/α,β-unsaturated/α-hetero) is 1. The highest BCUT2D eigenvalue weighted by Crippen LogP contribution is 2.52. The average Bonchev–Trinajstić information content (AvgIpc) is 3.19. The Balaban J connectivity index is 1.13. The fraction of sp³-hybridized carbons (Fsp3) is 0.605. The van der Waals surface area contributed by atoms with E-state index in [1.807, 2.05) is 0 Å². The van der Waals surface area contributed by atoms with Crippen LogP contribution in [0.25, 0.3) is 0 Å². The molecule has 0 unspecified atom stereocenters. The highest BCUT2D eigenvalue weighted by molar-refractivity contribution is 6.30. The minimum absolute atomic E-state index is 0.0106. The summed E-state index contributed by atoms with van der Waals surface area (Å²) in [4.78, 5) is 40.1. The molecule has 5 aliphatic rings. The van der Waals surface area contributed by atoms with E-state index in [0.717, 1.165) is 6.92 Å². The number of fused-ring (bicyclic) bond motifs is 3. The van der Waals surface area contributed by atoms with Gasteiger partial charge in [-0.05, 0) is 13.8 Å².